The van der Waals surface area contributed by atoms with Crippen LogP contribution in [-0.4, -0.2) is 24.1 Å². The van der Waals surface area contributed by atoms with Gasteiger partial charge in [0.25, 0.3) is 0 Å². The molecule has 2 aliphatic rings. The number of nitrogens with zero attached hydrogens (tertiary/aromatic N) is 2. The van der Waals surface area contributed by atoms with Crippen molar-refractivity contribution in [2.45, 2.75) is 58.5 Å². The molecule has 1 N–H and O–H groups in total. The highest BCUT2D eigenvalue weighted by Gasteiger charge is 2.20. The Kier molecular flexibility index (Phi) is 4.59. The van der Waals surface area contributed by atoms with Gasteiger partial charge < -0.3 is 10.2 Å². The highest BCUT2D eigenvalue weighted by Crippen LogP contribution is 2.22. The molecule has 0 bridgehead atoms. The van der Waals surface area contributed by atoms with E-state index in [2.05, 4.69) is 42.3 Å². The van der Waals surface area contributed by atoms with Crippen molar-refractivity contribution in [3.8, 4) is 0 Å². The molecule has 3 rings (SSSR count). The van der Waals surface area contributed by atoms with E-state index in [4.69, 9.17) is 4.98 Å². The second-order valence-corrected chi connectivity index (χ2v) is 6.49. The number of hydrogen-bond donors (Lipinski definition) is 1. The van der Waals surface area contributed by atoms with E-state index in [1.54, 1.807) is 0 Å². The third kappa shape index (κ3) is 4.07. The summed E-state index contributed by atoms with van der Waals surface area (Å²) in [4.78, 5) is 7.32. The zero-order valence-electron chi connectivity index (χ0n) is 13.4. The quantitative estimate of drug-likeness (QED) is 0.812. The molecular formula is C18H27N3. The maximum absolute atomic E-state index is 4.89. The largest absolute Gasteiger partial charge is 0.352 e. The average molecular weight is 285 g/mol. The lowest BCUT2D eigenvalue weighted by molar-refractivity contribution is 0.683. The molecule has 3 nitrogen and oxygen atoms in total. The molecule has 1 aliphatic carbocycles. The lowest BCUT2D eigenvalue weighted by Crippen LogP contribution is -2.30. The van der Waals surface area contributed by atoms with Crippen LogP contribution in [0.15, 0.2) is 23.8 Å². The van der Waals surface area contributed by atoms with Gasteiger partial charge in [-0.1, -0.05) is 25.0 Å². The summed E-state index contributed by atoms with van der Waals surface area (Å²) in [5.74, 6) is 1.17. The van der Waals surface area contributed by atoms with Crippen LogP contribution in [0.1, 0.15) is 50.8 Å². The van der Waals surface area contributed by atoms with E-state index in [0.717, 1.165) is 44.9 Å². The number of aryl methyl sites for hydroxylation is 1. The number of nitrogens with one attached hydrogen (secondary N) is 1. The molecule has 0 radical (unpaired) electrons. The van der Waals surface area contributed by atoms with E-state index in [0.29, 0.717) is 0 Å². The van der Waals surface area contributed by atoms with Crippen LogP contribution in [0.5, 0.6) is 0 Å². The predicted octanol–water partition coefficient (Wildman–Crippen LogP) is 3.44. The lowest BCUT2D eigenvalue weighted by atomic mass is 10.1. The molecule has 0 atom stereocenters. The molecule has 21 heavy (non-hydrogen) atoms. The SMILES string of the molecule is CCCc1cc(CNC2CC2)cc(N2CCC=C(C)C2)n1. The number of hydrogen-bond acceptors (Lipinski definition) is 3. The number of rotatable bonds is 6. The minimum Gasteiger partial charge on any atom is -0.352 e. The van der Waals surface area contributed by atoms with Crippen LogP contribution in [0.4, 0.5) is 5.82 Å². The molecule has 0 spiro atoms. The summed E-state index contributed by atoms with van der Waals surface area (Å²) in [7, 11) is 0. The molecule has 0 aromatic carbocycles. The zero-order chi connectivity index (χ0) is 14.7. The molecule has 0 unspecified atom stereocenters. The van der Waals surface area contributed by atoms with E-state index in [1.807, 2.05) is 0 Å². The van der Waals surface area contributed by atoms with Gasteiger partial charge in [0, 0.05) is 31.4 Å². The van der Waals surface area contributed by atoms with Crippen LogP contribution in [0.25, 0.3) is 0 Å². The van der Waals surface area contributed by atoms with Crippen LogP contribution >= 0.6 is 0 Å². The van der Waals surface area contributed by atoms with Crippen molar-refractivity contribution in [1.29, 1.82) is 0 Å². The number of anilines is 1. The molecule has 2 heterocycles. The second-order valence-electron chi connectivity index (χ2n) is 6.49. The van der Waals surface area contributed by atoms with E-state index in [-0.39, 0.29) is 0 Å². The predicted molar refractivity (Wildman–Crippen MR) is 88.7 cm³/mol. The Morgan fingerprint density at radius 2 is 2.19 bits per heavy atom. The Morgan fingerprint density at radius 1 is 1.33 bits per heavy atom. The normalized spacial score (nSPS) is 18.8. The zero-order valence-corrected chi connectivity index (χ0v) is 13.4. The molecule has 114 valence electrons. The van der Waals surface area contributed by atoms with Gasteiger partial charge in [-0.3, -0.25) is 0 Å². The summed E-state index contributed by atoms with van der Waals surface area (Å²) < 4.78 is 0. The average Bonchev–Trinajstić information content (AvgIpc) is 3.29. The molecular weight excluding hydrogens is 258 g/mol. The van der Waals surface area contributed by atoms with Crippen molar-refractivity contribution in [1.82, 2.24) is 10.3 Å². The fraction of sp³-hybridized carbons (Fsp3) is 0.611. The Hall–Kier alpha value is -1.35. The Bertz CT molecular complexity index is 517. The topological polar surface area (TPSA) is 28.2 Å². The molecule has 1 aromatic heterocycles. The van der Waals surface area contributed by atoms with Crippen molar-refractivity contribution in [2.24, 2.45) is 0 Å². The minimum atomic E-state index is 0.761. The molecule has 3 heteroatoms. The van der Waals surface area contributed by atoms with Crippen LogP contribution in [0.2, 0.25) is 0 Å². The van der Waals surface area contributed by atoms with E-state index in [1.165, 1.54) is 35.5 Å². The van der Waals surface area contributed by atoms with E-state index < -0.39 is 0 Å². The summed E-state index contributed by atoms with van der Waals surface area (Å²) >= 11 is 0. The first-order valence-electron chi connectivity index (χ1n) is 8.38. The van der Waals surface area contributed by atoms with Crippen LogP contribution in [0, 0.1) is 0 Å². The van der Waals surface area contributed by atoms with Gasteiger partial charge in [-0.05, 0) is 50.3 Å². The first-order chi connectivity index (χ1) is 10.2. The third-order valence-corrected chi connectivity index (χ3v) is 4.26. The first-order valence-corrected chi connectivity index (χ1v) is 8.38. The van der Waals surface area contributed by atoms with Crippen molar-refractivity contribution in [2.75, 3.05) is 18.0 Å². The Labute approximate surface area is 128 Å². The number of aromatic nitrogens is 1. The molecule has 1 aromatic rings. The van der Waals surface area contributed by atoms with Gasteiger partial charge in [-0.25, -0.2) is 4.98 Å². The summed E-state index contributed by atoms with van der Waals surface area (Å²) in [6.07, 6.45) is 8.41. The minimum absolute atomic E-state index is 0.761. The van der Waals surface area contributed by atoms with Crippen molar-refractivity contribution in [3.05, 3.63) is 35.0 Å². The van der Waals surface area contributed by atoms with Gasteiger partial charge in [0.05, 0.1) is 0 Å². The maximum Gasteiger partial charge on any atom is 0.129 e. The fourth-order valence-corrected chi connectivity index (χ4v) is 2.94. The van der Waals surface area contributed by atoms with Gasteiger partial charge in [0.2, 0.25) is 0 Å². The van der Waals surface area contributed by atoms with Gasteiger partial charge in [-0.2, -0.15) is 0 Å². The molecule has 1 fully saturated rings. The Balaban J connectivity index is 1.78. The van der Waals surface area contributed by atoms with Crippen molar-refractivity contribution in [3.63, 3.8) is 0 Å². The number of pyridine rings is 1. The summed E-state index contributed by atoms with van der Waals surface area (Å²) in [6, 6.07) is 5.33. The van der Waals surface area contributed by atoms with Gasteiger partial charge >= 0.3 is 0 Å². The standard InChI is InChI=1S/C18H27N3/c1-3-5-17-10-15(12-19-16-7-8-16)11-18(20-17)21-9-4-6-14(2)13-21/h6,10-11,16,19H,3-5,7-9,12-13H2,1-2H3. The molecule has 1 aliphatic heterocycles. The molecule has 1 saturated carbocycles. The van der Waals surface area contributed by atoms with Gasteiger partial charge in [0.1, 0.15) is 5.82 Å². The second kappa shape index (κ2) is 6.61. The van der Waals surface area contributed by atoms with Gasteiger partial charge in [-0.15, -0.1) is 0 Å². The highest BCUT2D eigenvalue weighted by atomic mass is 15.2. The smallest absolute Gasteiger partial charge is 0.129 e. The van der Waals surface area contributed by atoms with E-state index in [9.17, 15) is 0 Å². The lowest BCUT2D eigenvalue weighted by Gasteiger charge is -2.28. The van der Waals surface area contributed by atoms with Crippen molar-refractivity contribution < 1.29 is 0 Å². The van der Waals surface area contributed by atoms with Crippen LogP contribution < -0.4 is 10.2 Å². The fourth-order valence-electron chi connectivity index (χ4n) is 2.94. The third-order valence-electron chi connectivity index (χ3n) is 4.26. The monoisotopic (exact) mass is 285 g/mol. The van der Waals surface area contributed by atoms with Gasteiger partial charge in [0.15, 0.2) is 0 Å². The first kappa shape index (κ1) is 14.6. The summed E-state index contributed by atoms with van der Waals surface area (Å²) in [5, 5.41) is 3.62. The summed E-state index contributed by atoms with van der Waals surface area (Å²) in [5.41, 5.74) is 4.10. The summed E-state index contributed by atoms with van der Waals surface area (Å²) in [6.45, 7) is 7.55. The van der Waals surface area contributed by atoms with Crippen molar-refractivity contribution >= 4 is 5.82 Å². The van der Waals surface area contributed by atoms with Crippen LogP contribution in [0.3, 0.4) is 0 Å². The maximum atomic E-state index is 4.89. The molecule has 0 amide bonds. The van der Waals surface area contributed by atoms with Crippen LogP contribution in [-0.2, 0) is 13.0 Å². The Morgan fingerprint density at radius 3 is 2.90 bits per heavy atom. The van der Waals surface area contributed by atoms with E-state index >= 15 is 0 Å². The molecule has 0 saturated heterocycles. The highest BCUT2D eigenvalue weighted by molar-refractivity contribution is 5.45.